The lowest BCUT2D eigenvalue weighted by Crippen LogP contribution is -2.22. The van der Waals surface area contributed by atoms with Gasteiger partial charge in [-0.1, -0.05) is 56.4 Å². The van der Waals surface area contributed by atoms with Gasteiger partial charge in [-0.3, -0.25) is 0 Å². The van der Waals surface area contributed by atoms with Gasteiger partial charge in [0.15, 0.2) is 0 Å². The summed E-state index contributed by atoms with van der Waals surface area (Å²) in [5, 5.41) is 7.89. The number of aryl methyl sites for hydroxylation is 1. The number of rotatable bonds is 6. The Balaban J connectivity index is 2.42. The molecule has 1 N–H and O–H groups in total. The van der Waals surface area contributed by atoms with Crippen molar-refractivity contribution in [3.05, 3.63) is 46.0 Å². The highest BCUT2D eigenvalue weighted by Gasteiger charge is 2.22. The molecule has 0 amide bonds. The van der Waals surface area contributed by atoms with Crippen LogP contribution in [0.25, 0.3) is 0 Å². The third-order valence-electron chi connectivity index (χ3n) is 3.45. The molecule has 0 bridgehead atoms. The lowest BCUT2D eigenvalue weighted by atomic mass is 9.98. The molecule has 0 aliphatic rings. The minimum absolute atomic E-state index is 0.198. The zero-order chi connectivity index (χ0) is 14.5. The molecule has 0 radical (unpaired) electrons. The number of hydrogen-bond donors (Lipinski definition) is 1. The van der Waals surface area contributed by atoms with Crippen LogP contribution in [0.5, 0.6) is 0 Å². The summed E-state index contributed by atoms with van der Waals surface area (Å²) in [7, 11) is 0. The second-order valence-electron chi connectivity index (χ2n) is 5.27. The van der Waals surface area contributed by atoms with Crippen molar-refractivity contribution in [3.8, 4) is 0 Å². The van der Waals surface area contributed by atoms with E-state index in [2.05, 4.69) is 66.9 Å². The molecule has 1 aromatic carbocycles. The van der Waals surface area contributed by atoms with Gasteiger partial charge < -0.3 is 5.32 Å². The largest absolute Gasteiger partial charge is 0.306 e. The molecule has 0 fully saturated rings. The second kappa shape index (κ2) is 6.95. The molecular weight excluding hydrogens is 266 g/mol. The SMILES string of the molecule is CCNC(c1cccc(CC)c1)c1snnc1C(C)C. The smallest absolute Gasteiger partial charge is 0.0832 e. The van der Waals surface area contributed by atoms with Crippen molar-refractivity contribution in [2.24, 2.45) is 0 Å². The van der Waals surface area contributed by atoms with Crippen LogP contribution in [-0.4, -0.2) is 16.1 Å². The van der Waals surface area contributed by atoms with Crippen molar-refractivity contribution in [2.45, 2.75) is 46.1 Å². The van der Waals surface area contributed by atoms with E-state index in [4.69, 9.17) is 0 Å². The quantitative estimate of drug-likeness (QED) is 0.875. The lowest BCUT2D eigenvalue weighted by molar-refractivity contribution is 0.625. The molecule has 3 nitrogen and oxygen atoms in total. The van der Waals surface area contributed by atoms with Gasteiger partial charge in [0.05, 0.1) is 16.6 Å². The van der Waals surface area contributed by atoms with E-state index in [9.17, 15) is 0 Å². The van der Waals surface area contributed by atoms with E-state index in [1.54, 1.807) is 0 Å². The fraction of sp³-hybridized carbons (Fsp3) is 0.500. The highest BCUT2D eigenvalue weighted by atomic mass is 32.1. The molecule has 1 atom stereocenters. The van der Waals surface area contributed by atoms with Gasteiger partial charge in [-0.25, -0.2) is 0 Å². The highest BCUT2D eigenvalue weighted by molar-refractivity contribution is 7.05. The third kappa shape index (κ3) is 3.25. The summed E-state index contributed by atoms with van der Waals surface area (Å²) in [5.41, 5.74) is 3.79. The van der Waals surface area contributed by atoms with Gasteiger partial charge in [0.1, 0.15) is 0 Å². The molecule has 0 aliphatic carbocycles. The Kier molecular flexibility index (Phi) is 5.26. The van der Waals surface area contributed by atoms with E-state index in [1.165, 1.54) is 27.5 Å². The number of aromatic nitrogens is 2. The van der Waals surface area contributed by atoms with Crippen LogP contribution in [0.2, 0.25) is 0 Å². The van der Waals surface area contributed by atoms with Crippen molar-refractivity contribution in [1.82, 2.24) is 14.9 Å². The van der Waals surface area contributed by atoms with Crippen LogP contribution in [-0.2, 0) is 6.42 Å². The minimum atomic E-state index is 0.198. The molecule has 108 valence electrons. The Morgan fingerprint density at radius 1 is 1.25 bits per heavy atom. The van der Waals surface area contributed by atoms with Crippen LogP contribution in [0.1, 0.15) is 61.4 Å². The first-order chi connectivity index (χ1) is 9.67. The Morgan fingerprint density at radius 2 is 2.05 bits per heavy atom. The molecule has 0 saturated heterocycles. The molecule has 0 aliphatic heterocycles. The average molecular weight is 289 g/mol. The summed E-state index contributed by atoms with van der Waals surface area (Å²) >= 11 is 1.51. The van der Waals surface area contributed by atoms with Crippen LogP contribution in [0.4, 0.5) is 0 Å². The summed E-state index contributed by atoms with van der Waals surface area (Å²) in [6.07, 6.45) is 1.06. The van der Waals surface area contributed by atoms with Gasteiger partial charge in [0.25, 0.3) is 0 Å². The average Bonchev–Trinajstić information content (AvgIpc) is 2.94. The first-order valence-corrected chi connectivity index (χ1v) is 8.09. The van der Waals surface area contributed by atoms with E-state index in [-0.39, 0.29) is 6.04 Å². The number of nitrogens with zero attached hydrogens (tertiary/aromatic N) is 2. The fourth-order valence-corrected chi connectivity index (χ4v) is 3.28. The molecule has 0 spiro atoms. The molecule has 1 aromatic heterocycles. The Labute approximate surface area is 125 Å². The number of benzene rings is 1. The summed E-state index contributed by atoms with van der Waals surface area (Å²) < 4.78 is 4.17. The second-order valence-corrected chi connectivity index (χ2v) is 6.05. The van der Waals surface area contributed by atoms with Crippen LogP contribution >= 0.6 is 11.5 Å². The van der Waals surface area contributed by atoms with Gasteiger partial charge in [0.2, 0.25) is 0 Å². The minimum Gasteiger partial charge on any atom is -0.306 e. The van der Waals surface area contributed by atoms with Crippen molar-refractivity contribution >= 4 is 11.5 Å². The fourth-order valence-electron chi connectivity index (χ4n) is 2.36. The Hall–Kier alpha value is -1.26. The van der Waals surface area contributed by atoms with Gasteiger partial charge in [0, 0.05) is 0 Å². The monoisotopic (exact) mass is 289 g/mol. The molecule has 2 aromatic rings. The maximum absolute atomic E-state index is 4.32. The number of hydrogen-bond acceptors (Lipinski definition) is 4. The van der Waals surface area contributed by atoms with Crippen LogP contribution < -0.4 is 5.32 Å². The summed E-state index contributed by atoms with van der Waals surface area (Å²) in [5.74, 6) is 0.402. The van der Waals surface area contributed by atoms with Gasteiger partial charge in [-0.15, -0.1) is 5.10 Å². The molecule has 0 saturated carbocycles. The van der Waals surface area contributed by atoms with E-state index in [0.29, 0.717) is 5.92 Å². The van der Waals surface area contributed by atoms with Crippen LogP contribution in [0.3, 0.4) is 0 Å². The molecule has 20 heavy (non-hydrogen) atoms. The van der Waals surface area contributed by atoms with Crippen LogP contribution in [0, 0.1) is 0 Å². The zero-order valence-electron chi connectivity index (χ0n) is 12.7. The Bertz CT molecular complexity index is 548. The normalized spacial score (nSPS) is 12.8. The maximum Gasteiger partial charge on any atom is 0.0832 e. The van der Waals surface area contributed by atoms with E-state index >= 15 is 0 Å². The number of nitrogens with one attached hydrogen (secondary N) is 1. The first-order valence-electron chi connectivity index (χ1n) is 7.31. The van der Waals surface area contributed by atoms with Gasteiger partial charge >= 0.3 is 0 Å². The first kappa shape index (κ1) is 15.1. The van der Waals surface area contributed by atoms with Gasteiger partial charge in [-0.05, 0) is 41.5 Å². The lowest BCUT2D eigenvalue weighted by Gasteiger charge is -2.19. The summed E-state index contributed by atoms with van der Waals surface area (Å²) in [6.45, 7) is 9.60. The van der Waals surface area contributed by atoms with E-state index < -0.39 is 0 Å². The molecule has 1 heterocycles. The van der Waals surface area contributed by atoms with E-state index in [1.807, 2.05) is 0 Å². The van der Waals surface area contributed by atoms with Crippen molar-refractivity contribution in [3.63, 3.8) is 0 Å². The molecule has 2 rings (SSSR count). The third-order valence-corrected chi connectivity index (χ3v) is 4.25. The summed E-state index contributed by atoms with van der Waals surface area (Å²) in [4.78, 5) is 1.25. The Morgan fingerprint density at radius 3 is 2.70 bits per heavy atom. The molecule has 1 unspecified atom stereocenters. The van der Waals surface area contributed by atoms with Crippen molar-refractivity contribution in [2.75, 3.05) is 6.54 Å². The van der Waals surface area contributed by atoms with Crippen molar-refractivity contribution in [1.29, 1.82) is 0 Å². The topological polar surface area (TPSA) is 37.8 Å². The molecule has 4 heteroatoms. The predicted octanol–water partition coefficient (Wildman–Crippen LogP) is 3.92. The predicted molar refractivity (Wildman–Crippen MR) is 85.3 cm³/mol. The maximum atomic E-state index is 4.32. The van der Waals surface area contributed by atoms with E-state index in [0.717, 1.165) is 18.7 Å². The molecular formula is C16H23N3S. The van der Waals surface area contributed by atoms with Crippen LogP contribution in [0.15, 0.2) is 24.3 Å². The zero-order valence-corrected chi connectivity index (χ0v) is 13.5. The van der Waals surface area contributed by atoms with Crippen molar-refractivity contribution < 1.29 is 0 Å². The highest BCUT2D eigenvalue weighted by Crippen LogP contribution is 2.31. The van der Waals surface area contributed by atoms with Gasteiger partial charge in [-0.2, -0.15) is 0 Å². The summed E-state index contributed by atoms with van der Waals surface area (Å²) in [6, 6.07) is 9.00. The standard InChI is InChI=1S/C16H23N3S/c1-5-12-8-7-9-13(10-12)15(17-6-2)16-14(11(3)4)18-19-20-16/h7-11,15,17H,5-6H2,1-4H3.